The van der Waals surface area contributed by atoms with Gasteiger partial charge in [-0.1, -0.05) is 30.7 Å². The Bertz CT molecular complexity index is 1010. The van der Waals surface area contributed by atoms with Crippen molar-refractivity contribution in [2.75, 3.05) is 5.32 Å². The predicted octanol–water partition coefficient (Wildman–Crippen LogP) is 3.59. The van der Waals surface area contributed by atoms with Gasteiger partial charge >= 0.3 is 5.82 Å². The van der Waals surface area contributed by atoms with Crippen LogP contribution in [0.1, 0.15) is 30.6 Å². The first-order valence-corrected chi connectivity index (χ1v) is 9.04. The van der Waals surface area contributed by atoms with Crippen molar-refractivity contribution >= 4 is 29.1 Å². The molecule has 28 heavy (non-hydrogen) atoms. The fraction of sp³-hybridized carbons (Fsp3) is 0.278. The number of benzene rings is 1. The molecule has 0 fully saturated rings. The highest BCUT2D eigenvalue weighted by Gasteiger charge is 2.27. The molecule has 146 valence electrons. The molecule has 3 rings (SSSR count). The molecule has 1 atom stereocenters. The van der Waals surface area contributed by atoms with Crippen LogP contribution in [0.4, 0.5) is 11.6 Å². The third kappa shape index (κ3) is 4.37. The molecule has 3 aromatic rings. The molecule has 0 bridgehead atoms. The summed E-state index contributed by atoms with van der Waals surface area (Å²) in [5, 5.41) is 22.6. The molecule has 0 saturated carbocycles. The minimum Gasteiger partial charge on any atom is -0.358 e. The van der Waals surface area contributed by atoms with E-state index in [9.17, 15) is 14.9 Å². The highest BCUT2D eigenvalue weighted by molar-refractivity contribution is 6.30. The number of aryl methyl sites for hydroxylation is 1. The number of aromatic nitrogens is 4. The second-order valence-electron chi connectivity index (χ2n) is 6.29. The van der Waals surface area contributed by atoms with Gasteiger partial charge in [0, 0.05) is 17.3 Å². The average molecular weight is 403 g/mol. The Hall–Kier alpha value is -3.20. The van der Waals surface area contributed by atoms with E-state index in [-0.39, 0.29) is 11.7 Å². The van der Waals surface area contributed by atoms with E-state index in [1.807, 2.05) is 25.1 Å². The minimum absolute atomic E-state index is 0.283. The highest BCUT2D eigenvalue weighted by Crippen LogP contribution is 2.20. The van der Waals surface area contributed by atoms with Crippen LogP contribution in [0.3, 0.4) is 0 Å². The van der Waals surface area contributed by atoms with Crippen molar-refractivity contribution < 1.29 is 9.72 Å². The molecule has 10 heteroatoms. The summed E-state index contributed by atoms with van der Waals surface area (Å²) in [7, 11) is 0. The predicted molar refractivity (Wildman–Crippen MR) is 104 cm³/mol. The van der Waals surface area contributed by atoms with Crippen LogP contribution < -0.4 is 5.32 Å². The summed E-state index contributed by atoms with van der Waals surface area (Å²) in [5.74, 6) is -0.226. The van der Waals surface area contributed by atoms with Crippen LogP contribution in [0.25, 0.3) is 0 Å². The van der Waals surface area contributed by atoms with Crippen molar-refractivity contribution in [1.82, 2.24) is 19.6 Å². The molecule has 1 aromatic carbocycles. The molecule has 0 aliphatic carbocycles. The first-order chi connectivity index (χ1) is 13.4. The van der Waals surface area contributed by atoms with Gasteiger partial charge in [-0.15, -0.1) is 0 Å². The zero-order chi connectivity index (χ0) is 20.3. The third-order valence-electron chi connectivity index (χ3n) is 4.21. The summed E-state index contributed by atoms with van der Waals surface area (Å²) in [6.45, 7) is 4.00. The molecular formula is C18H19ClN6O3. The first kappa shape index (κ1) is 19.6. The number of nitrogens with zero attached hydrogens (tertiary/aromatic N) is 5. The topological polar surface area (TPSA) is 108 Å². The van der Waals surface area contributed by atoms with E-state index in [2.05, 4.69) is 15.5 Å². The van der Waals surface area contributed by atoms with Crippen LogP contribution in [-0.2, 0) is 11.3 Å². The van der Waals surface area contributed by atoms with E-state index in [0.29, 0.717) is 29.5 Å². The quantitative estimate of drug-likeness (QED) is 0.480. The lowest BCUT2D eigenvalue weighted by Crippen LogP contribution is -2.27. The lowest BCUT2D eigenvalue weighted by Gasteiger charge is -2.13. The summed E-state index contributed by atoms with van der Waals surface area (Å²) >= 11 is 5.99. The van der Waals surface area contributed by atoms with Crippen LogP contribution in [0, 0.1) is 17.0 Å². The number of rotatable bonds is 7. The van der Waals surface area contributed by atoms with E-state index in [1.54, 1.807) is 29.9 Å². The fourth-order valence-electron chi connectivity index (χ4n) is 2.89. The minimum atomic E-state index is -0.674. The molecule has 2 heterocycles. The van der Waals surface area contributed by atoms with Crippen molar-refractivity contribution in [3.05, 3.63) is 69.0 Å². The molecule has 0 spiro atoms. The molecule has 0 saturated heterocycles. The van der Waals surface area contributed by atoms with Gasteiger partial charge in [0.1, 0.15) is 0 Å². The maximum absolute atomic E-state index is 12.7. The smallest absolute Gasteiger partial charge is 0.358 e. The Morgan fingerprint density at radius 3 is 2.75 bits per heavy atom. The number of carbonyl (C=O) groups excluding carboxylic acids is 1. The van der Waals surface area contributed by atoms with Crippen LogP contribution in [-0.4, -0.2) is 30.4 Å². The molecule has 1 unspecified atom stereocenters. The van der Waals surface area contributed by atoms with Crippen molar-refractivity contribution in [2.45, 2.75) is 32.9 Å². The third-order valence-corrected chi connectivity index (χ3v) is 4.44. The van der Waals surface area contributed by atoms with E-state index in [1.165, 1.54) is 10.7 Å². The first-order valence-electron chi connectivity index (χ1n) is 8.66. The molecule has 1 amide bonds. The molecule has 2 aromatic heterocycles. The van der Waals surface area contributed by atoms with E-state index >= 15 is 0 Å². The normalized spacial score (nSPS) is 12.0. The van der Waals surface area contributed by atoms with Crippen LogP contribution >= 0.6 is 11.6 Å². The highest BCUT2D eigenvalue weighted by atomic mass is 35.5. The number of halogens is 1. The maximum Gasteiger partial charge on any atom is 0.390 e. The number of nitro groups is 1. The van der Waals surface area contributed by atoms with Crippen molar-refractivity contribution in [1.29, 1.82) is 0 Å². The monoisotopic (exact) mass is 402 g/mol. The Morgan fingerprint density at radius 2 is 2.11 bits per heavy atom. The van der Waals surface area contributed by atoms with Crippen molar-refractivity contribution in [3.63, 3.8) is 0 Å². The summed E-state index contributed by atoms with van der Waals surface area (Å²) in [6.07, 6.45) is 2.18. The Morgan fingerprint density at radius 1 is 1.32 bits per heavy atom. The number of anilines is 1. The van der Waals surface area contributed by atoms with Crippen molar-refractivity contribution in [2.24, 2.45) is 0 Å². The summed E-state index contributed by atoms with van der Waals surface area (Å²) < 4.78 is 3.06. The number of nitrogens with one attached hydrogen (secondary N) is 1. The number of carbonyl (C=O) groups is 1. The molecule has 1 N–H and O–H groups in total. The zero-order valence-corrected chi connectivity index (χ0v) is 16.1. The van der Waals surface area contributed by atoms with Gasteiger partial charge in [0.05, 0.1) is 23.4 Å². The van der Waals surface area contributed by atoms with Crippen LogP contribution in [0.2, 0.25) is 5.02 Å². The molecule has 0 aliphatic heterocycles. The maximum atomic E-state index is 12.7. The average Bonchev–Trinajstić information content (AvgIpc) is 3.23. The molecule has 0 aliphatic rings. The standard InChI is InChI=1S/C18H19ClN6O3/c1-3-15(24-12(2)9-17(22-24)25(27)28)18(26)20-16-7-8-23(21-16)11-13-5-4-6-14(19)10-13/h4-10,15H,3,11H2,1-2H3,(H,20,21,26). The second-order valence-corrected chi connectivity index (χ2v) is 6.72. The van der Waals surface area contributed by atoms with Gasteiger partial charge in [0.15, 0.2) is 11.9 Å². The summed E-state index contributed by atoms with van der Waals surface area (Å²) in [4.78, 5) is 23.0. The molecular weight excluding hydrogens is 384 g/mol. The van der Waals surface area contributed by atoms with Crippen LogP contribution in [0.15, 0.2) is 42.6 Å². The van der Waals surface area contributed by atoms with Gasteiger partial charge in [-0.05, 0) is 36.0 Å². The molecule has 9 nitrogen and oxygen atoms in total. The van der Waals surface area contributed by atoms with E-state index in [0.717, 1.165) is 5.56 Å². The summed E-state index contributed by atoms with van der Waals surface area (Å²) in [6, 6.07) is 9.80. The Kier molecular flexibility index (Phi) is 5.74. The lowest BCUT2D eigenvalue weighted by molar-refractivity contribution is -0.389. The SMILES string of the molecule is CCC(C(=O)Nc1ccn(Cc2cccc(Cl)c2)n1)n1nc([N+](=O)[O-])cc1C. The second kappa shape index (κ2) is 8.22. The number of hydrogen-bond donors (Lipinski definition) is 1. The van der Waals surface area contributed by atoms with E-state index in [4.69, 9.17) is 11.6 Å². The van der Waals surface area contributed by atoms with Crippen molar-refractivity contribution in [3.8, 4) is 0 Å². The van der Waals surface area contributed by atoms with Gasteiger partial charge in [-0.25, -0.2) is 0 Å². The van der Waals surface area contributed by atoms with Gasteiger partial charge in [-0.2, -0.15) is 9.78 Å². The zero-order valence-electron chi connectivity index (χ0n) is 15.4. The lowest BCUT2D eigenvalue weighted by atomic mass is 10.2. The van der Waals surface area contributed by atoms with Gasteiger partial charge < -0.3 is 15.4 Å². The summed E-state index contributed by atoms with van der Waals surface area (Å²) in [5.41, 5.74) is 1.53. The van der Waals surface area contributed by atoms with Gasteiger partial charge in [0.25, 0.3) is 5.91 Å². The van der Waals surface area contributed by atoms with Gasteiger partial charge in [0.2, 0.25) is 0 Å². The van der Waals surface area contributed by atoms with E-state index < -0.39 is 11.0 Å². The molecule has 0 radical (unpaired) electrons. The fourth-order valence-corrected chi connectivity index (χ4v) is 3.11. The number of amides is 1. The number of hydrogen-bond acceptors (Lipinski definition) is 5. The Labute approximate surface area is 166 Å². The Balaban J connectivity index is 1.71. The van der Waals surface area contributed by atoms with Gasteiger partial charge in [-0.3, -0.25) is 9.48 Å². The van der Waals surface area contributed by atoms with Crippen LogP contribution in [0.5, 0.6) is 0 Å². The largest absolute Gasteiger partial charge is 0.390 e.